The molecule has 0 radical (unpaired) electrons. The third-order valence-corrected chi connectivity index (χ3v) is 2.82. The van der Waals surface area contributed by atoms with E-state index in [0.717, 1.165) is 19.4 Å². The van der Waals surface area contributed by atoms with E-state index < -0.39 is 0 Å². The Hall–Kier alpha value is -1.07. The van der Waals surface area contributed by atoms with Gasteiger partial charge < -0.3 is 15.2 Å². The maximum absolute atomic E-state index is 5.90. The summed E-state index contributed by atoms with van der Waals surface area (Å²) in [7, 11) is 0. The highest BCUT2D eigenvalue weighted by molar-refractivity contribution is 6.33. The second-order valence-electron chi connectivity index (χ2n) is 3.68. The van der Waals surface area contributed by atoms with Gasteiger partial charge in [0.2, 0.25) is 5.88 Å². The fraction of sp³-hybridized carbons (Fsp3) is 0.600. The predicted octanol–water partition coefficient (Wildman–Crippen LogP) is 1.66. The van der Waals surface area contributed by atoms with Gasteiger partial charge >= 0.3 is 0 Å². The summed E-state index contributed by atoms with van der Waals surface area (Å²) in [4.78, 5) is 7.68. The minimum Gasteiger partial charge on any atom is -0.474 e. The van der Waals surface area contributed by atoms with E-state index in [1.807, 2.05) is 0 Å². The van der Waals surface area contributed by atoms with Gasteiger partial charge in [0, 0.05) is 6.61 Å². The Balaban J connectivity index is 1.91. The molecule has 0 amide bonds. The van der Waals surface area contributed by atoms with Crippen LogP contribution in [0.4, 0.5) is 5.82 Å². The molecule has 0 bridgehead atoms. The quantitative estimate of drug-likeness (QED) is 0.874. The van der Waals surface area contributed by atoms with Crippen LogP contribution in [0.15, 0.2) is 6.33 Å². The van der Waals surface area contributed by atoms with Crippen molar-refractivity contribution in [2.24, 2.45) is 0 Å². The van der Waals surface area contributed by atoms with Gasteiger partial charge in [0.05, 0.1) is 6.10 Å². The number of rotatable bonds is 3. The summed E-state index contributed by atoms with van der Waals surface area (Å²) in [5, 5.41) is 0.262. The molecule has 0 aromatic carbocycles. The minimum absolute atomic E-state index is 0.126. The normalized spacial score (nSPS) is 20.7. The van der Waals surface area contributed by atoms with Crippen LogP contribution in [-0.4, -0.2) is 29.3 Å². The van der Waals surface area contributed by atoms with Crippen LogP contribution >= 0.6 is 11.6 Å². The SMILES string of the molecule is Nc1ncnc(OCC2CCCCO2)c1Cl. The molecule has 0 spiro atoms. The summed E-state index contributed by atoms with van der Waals surface area (Å²) in [6.07, 6.45) is 4.77. The third kappa shape index (κ3) is 2.74. The van der Waals surface area contributed by atoms with Gasteiger partial charge in [0.15, 0.2) is 0 Å². The molecule has 2 N–H and O–H groups in total. The van der Waals surface area contributed by atoms with Crippen molar-refractivity contribution < 1.29 is 9.47 Å². The maximum atomic E-state index is 5.90. The highest BCUT2D eigenvalue weighted by atomic mass is 35.5. The molecular weight excluding hydrogens is 230 g/mol. The molecule has 5 nitrogen and oxygen atoms in total. The number of hydrogen-bond donors (Lipinski definition) is 1. The van der Waals surface area contributed by atoms with Gasteiger partial charge in [-0.1, -0.05) is 11.6 Å². The lowest BCUT2D eigenvalue weighted by molar-refractivity contribution is -0.0119. The van der Waals surface area contributed by atoms with Crippen molar-refractivity contribution in [1.29, 1.82) is 0 Å². The van der Waals surface area contributed by atoms with Crippen molar-refractivity contribution in [2.45, 2.75) is 25.4 Å². The van der Waals surface area contributed by atoms with Gasteiger partial charge in [-0.25, -0.2) is 9.97 Å². The van der Waals surface area contributed by atoms with E-state index in [-0.39, 0.29) is 16.9 Å². The van der Waals surface area contributed by atoms with Crippen molar-refractivity contribution in [3.63, 3.8) is 0 Å². The Morgan fingerprint density at radius 2 is 2.38 bits per heavy atom. The number of nitrogens with zero attached hydrogens (tertiary/aromatic N) is 2. The molecule has 1 fully saturated rings. The van der Waals surface area contributed by atoms with E-state index in [9.17, 15) is 0 Å². The molecule has 88 valence electrons. The standard InChI is InChI=1S/C10H14ClN3O2/c11-8-9(12)13-6-14-10(8)16-5-7-3-1-2-4-15-7/h6-7H,1-5H2,(H2,12,13,14). The minimum atomic E-state index is 0.126. The molecular formula is C10H14ClN3O2. The van der Waals surface area contributed by atoms with E-state index in [1.54, 1.807) is 0 Å². The van der Waals surface area contributed by atoms with Gasteiger partial charge in [-0.2, -0.15) is 0 Å². The number of aromatic nitrogens is 2. The number of nitrogens with two attached hydrogens (primary N) is 1. The topological polar surface area (TPSA) is 70.3 Å². The fourth-order valence-corrected chi connectivity index (χ4v) is 1.73. The lowest BCUT2D eigenvalue weighted by Gasteiger charge is -2.22. The average molecular weight is 244 g/mol. The lowest BCUT2D eigenvalue weighted by atomic mass is 10.1. The second kappa shape index (κ2) is 5.32. The van der Waals surface area contributed by atoms with Gasteiger partial charge in [-0.3, -0.25) is 0 Å². The average Bonchev–Trinajstić information content (AvgIpc) is 2.32. The Labute approximate surface area is 98.9 Å². The first-order chi connectivity index (χ1) is 7.77. The van der Waals surface area contributed by atoms with Crippen LogP contribution in [0.2, 0.25) is 5.02 Å². The third-order valence-electron chi connectivity index (χ3n) is 2.46. The van der Waals surface area contributed by atoms with Crippen molar-refractivity contribution in [3.05, 3.63) is 11.3 Å². The number of hydrogen-bond acceptors (Lipinski definition) is 5. The van der Waals surface area contributed by atoms with Crippen LogP contribution in [0.3, 0.4) is 0 Å². The monoisotopic (exact) mass is 243 g/mol. The maximum Gasteiger partial charge on any atom is 0.238 e. The van der Waals surface area contributed by atoms with Gasteiger partial charge in [0.25, 0.3) is 0 Å². The molecule has 1 atom stereocenters. The van der Waals surface area contributed by atoms with Crippen LogP contribution < -0.4 is 10.5 Å². The summed E-state index contributed by atoms with van der Waals surface area (Å²) in [6, 6.07) is 0. The van der Waals surface area contributed by atoms with E-state index in [4.69, 9.17) is 26.8 Å². The number of halogens is 1. The summed E-state index contributed by atoms with van der Waals surface area (Å²) in [5.74, 6) is 0.555. The first-order valence-electron chi connectivity index (χ1n) is 5.27. The van der Waals surface area contributed by atoms with E-state index in [1.165, 1.54) is 12.7 Å². The Bertz CT molecular complexity index is 356. The first kappa shape index (κ1) is 11.4. The van der Waals surface area contributed by atoms with Crippen LogP contribution in [0.1, 0.15) is 19.3 Å². The van der Waals surface area contributed by atoms with Crippen LogP contribution in [0, 0.1) is 0 Å². The highest BCUT2D eigenvalue weighted by Crippen LogP contribution is 2.26. The fourth-order valence-electron chi connectivity index (χ4n) is 1.58. The van der Waals surface area contributed by atoms with Crippen LogP contribution in [0.25, 0.3) is 0 Å². The van der Waals surface area contributed by atoms with E-state index in [0.29, 0.717) is 12.5 Å². The van der Waals surface area contributed by atoms with Crippen molar-refractivity contribution in [3.8, 4) is 5.88 Å². The molecule has 6 heteroatoms. The lowest BCUT2D eigenvalue weighted by Crippen LogP contribution is -2.26. The van der Waals surface area contributed by atoms with Crippen molar-refractivity contribution in [2.75, 3.05) is 18.9 Å². The molecule has 1 saturated heterocycles. The molecule has 1 aromatic rings. The van der Waals surface area contributed by atoms with Gasteiger partial charge in [-0.15, -0.1) is 0 Å². The zero-order valence-corrected chi connectivity index (χ0v) is 9.61. The number of anilines is 1. The van der Waals surface area contributed by atoms with Gasteiger partial charge in [-0.05, 0) is 19.3 Å². The second-order valence-corrected chi connectivity index (χ2v) is 4.06. The molecule has 1 aliphatic rings. The van der Waals surface area contributed by atoms with Crippen LogP contribution in [-0.2, 0) is 4.74 Å². The molecule has 1 aromatic heterocycles. The van der Waals surface area contributed by atoms with E-state index >= 15 is 0 Å². The molecule has 0 aliphatic carbocycles. The van der Waals surface area contributed by atoms with Crippen LogP contribution in [0.5, 0.6) is 5.88 Å². The summed E-state index contributed by atoms with van der Waals surface area (Å²) in [5.41, 5.74) is 5.54. The largest absolute Gasteiger partial charge is 0.474 e. The Morgan fingerprint density at radius 3 is 3.12 bits per heavy atom. The highest BCUT2D eigenvalue weighted by Gasteiger charge is 2.16. The molecule has 1 unspecified atom stereocenters. The predicted molar refractivity (Wildman–Crippen MR) is 60.5 cm³/mol. The van der Waals surface area contributed by atoms with Gasteiger partial charge in [0.1, 0.15) is 23.8 Å². The molecule has 16 heavy (non-hydrogen) atoms. The summed E-state index contributed by atoms with van der Waals surface area (Å²) < 4.78 is 11.0. The molecule has 1 aliphatic heterocycles. The Kier molecular flexibility index (Phi) is 3.79. The zero-order valence-electron chi connectivity index (χ0n) is 8.86. The van der Waals surface area contributed by atoms with E-state index in [2.05, 4.69) is 9.97 Å². The zero-order chi connectivity index (χ0) is 11.4. The first-order valence-corrected chi connectivity index (χ1v) is 5.65. The van der Waals surface area contributed by atoms with Crippen molar-refractivity contribution >= 4 is 17.4 Å². The Morgan fingerprint density at radius 1 is 1.50 bits per heavy atom. The number of ether oxygens (including phenoxy) is 2. The molecule has 2 heterocycles. The molecule has 0 saturated carbocycles. The smallest absolute Gasteiger partial charge is 0.238 e. The molecule has 2 rings (SSSR count). The number of nitrogen functional groups attached to an aromatic ring is 1. The summed E-state index contributed by atoms with van der Waals surface area (Å²) >= 11 is 5.90. The summed E-state index contributed by atoms with van der Waals surface area (Å²) in [6.45, 7) is 1.25. The van der Waals surface area contributed by atoms with Crippen molar-refractivity contribution in [1.82, 2.24) is 9.97 Å².